The maximum atomic E-state index is 15.1. The fourth-order valence-corrected chi connectivity index (χ4v) is 5.67. The summed E-state index contributed by atoms with van der Waals surface area (Å²) in [6.07, 6.45) is 3.22. The zero-order valence-corrected chi connectivity index (χ0v) is 21.1. The molecular formula is C28H36F2N4O2. The van der Waals surface area contributed by atoms with E-state index in [-0.39, 0.29) is 24.7 Å². The molecule has 2 aromatic rings. The number of anilines is 1. The van der Waals surface area contributed by atoms with Crippen molar-refractivity contribution in [2.75, 3.05) is 52.3 Å². The van der Waals surface area contributed by atoms with Gasteiger partial charge in [0.15, 0.2) is 0 Å². The van der Waals surface area contributed by atoms with Gasteiger partial charge < -0.3 is 20.6 Å². The third kappa shape index (κ3) is 4.81. The van der Waals surface area contributed by atoms with Crippen LogP contribution in [0.4, 0.5) is 14.5 Å². The highest BCUT2D eigenvalue weighted by molar-refractivity contribution is 5.88. The van der Waals surface area contributed by atoms with Crippen molar-refractivity contribution < 1.29 is 18.3 Å². The topological polar surface area (TPSA) is 74.8 Å². The van der Waals surface area contributed by atoms with E-state index < -0.39 is 5.67 Å². The second kappa shape index (κ2) is 9.98. The Labute approximate surface area is 211 Å². The second-order valence-corrected chi connectivity index (χ2v) is 10.6. The van der Waals surface area contributed by atoms with Gasteiger partial charge in [0.2, 0.25) is 0 Å². The van der Waals surface area contributed by atoms with Crippen molar-refractivity contribution in [1.29, 1.82) is 5.41 Å². The van der Waals surface area contributed by atoms with Gasteiger partial charge in [-0.05, 0) is 55.5 Å². The third-order valence-electron chi connectivity index (χ3n) is 7.95. The van der Waals surface area contributed by atoms with Gasteiger partial charge in [0.25, 0.3) is 0 Å². The van der Waals surface area contributed by atoms with Gasteiger partial charge in [-0.3, -0.25) is 14.2 Å². The first-order valence-electron chi connectivity index (χ1n) is 12.8. The normalized spacial score (nSPS) is 23.6. The van der Waals surface area contributed by atoms with Gasteiger partial charge in [0.05, 0.1) is 19.8 Å². The number of methoxy groups -OCH3 is 1. The Balaban J connectivity index is 1.44. The molecule has 0 unspecified atom stereocenters. The van der Waals surface area contributed by atoms with Crippen LogP contribution in [0.25, 0.3) is 0 Å². The van der Waals surface area contributed by atoms with Crippen molar-refractivity contribution in [3.63, 3.8) is 0 Å². The molecule has 6 nitrogen and oxygen atoms in total. The molecule has 1 saturated carbocycles. The molecule has 0 radical (unpaired) electrons. The molecule has 0 bridgehead atoms. The van der Waals surface area contributed by atoms with E-state index in [0.717, 1.165) is 41.9 Å². The number of alkyl halides is 2. The fraction of sp³-hybridized carbons (Fsp3) is 0.536. The Hall–Kier alpha value is -2.71. The monoisotopic (exact) mass is 498 g/mol. The smallest absolute Gasteiger partial charge is 0.127 e. The summed E-state index contributed by atoms with van der Waals surface area (Å²) in [4.78, 5) is 4.42. The third-order valence-corrected chi connectivity index (χ3v) is 7.95. The summed E-state index contributed by atoms with van der Waals surface area (Å²) in [7, 11) is 1.64. The van der Waals surface area contributed by atoms with Crippen LogP contribution < -0.4 is 15.2 Å². The van der Waals surface area contributed by atoms with Crippen LogP contribution in [0, 0.1) is 11.3 Å². The Morgan fingerprint density at radius 1 is 1.19 bits per heavy atom. The van der Waals surface area contributed by atoms with Gasteiger partial charge in [-0.1, -0.05) is 6.07 Å². The van der Waals surface area contributed by atoms with Gasteiger partial charge >= 0.3 is 0 Å². The van der Waals surface area contributed by atoms with E-state index >= 15 is 4.39 Å². The average Bonchev–Trinajstić information content (AvgIpc) is 3.58. The predicted octanol–water partition coefficient (Wildman–Crippen LogP) is 4.39. The van der Waals surface area contributed by atoms with Crippen LogP contribution in [-0.2, 0) is 6.42 Å². The molecule has 8 heteroatoms. The SMILES string of the molecule is COc1cc(OCCN2CC(CF)C2)ccc1[C@@H]1c2ccc(N)c(C=N)c2C[C@@H](C)N1CC1(F)CC1. The Morgan fingerprint density at radius 3 is 2.61 bits per heavy atom. The highest BCUT2D eigenvalue weighted by atomic mass is 19.1. The van der Waals surface area contributed by atoms with Crippen LogP contribution in [0.3, 0.4) is 0 Å². The molecule has 1 saturated heterocycles. The molecule has 0 aromatic heterocycles. The lowest BCUT2D eigenvalue weighted by atomic mass is 9.82. The summed E-state index contributed by atoms with van der Waals surface area (Å²) in [6.45, 7) is 5.07. The summed E-state index contributed by atoms with van der Waals surface area (Å²) < 4.78 is 39.6. The van der Waals surface area contributed by atoms with Gasteiger partial charge in [-0.15, -0.1) is 0 Å². The molecule has 2 fully saturated rings. The lowest BCUT2D eigenvalue weighted by Crippen LogP contribution is -2.49. The summed E-state index contributed by atoms with van der Waals surface area (Å²) in [6, 6.07) is 9.54. The van der Waals surface area contributed by atoms with Crippen molar-refractivity contribution >= 4 is 11.9 Å². The molecule has 3 N–H and O–H groups in total. The van der Waals surface area contributed by atoms with E-state index in [4.69, 9.17) is 20.6 Å². The quantitative estimate of drug-likeness (QED) is 0.375. The number of halogens is 2. The summed E-state index contributed by atoms with van der Waals surface area (Å²) >= 11 is 0. The average molecular weight is 499 g/mol. The van der Waals surface area contributed by atoms with E-state index in [9.17, 15) is 4.39 Å². The molecule has 2 heterocycles. The largest absolute Gasteiger partial charge is 0.496 e. The van der Waals surface area contributed by atoms with Crippen LogP contribution >= 0.6 is 0 Å². The molecule has 2 aromatic carbocycles. The highest BCUT2D eigenvalue weighted by Crippen LogP contribution is 2.48. The first kappa shape index (κ1) is 25.0. The minimum Gasteiger partial charge on any atom is -0.496 e. The highest BCUT2D eigenvalue weighted by Gasteiger charge is 2.48. The number of rotatable bonds is 10. The molecule has 36 heavy (non-hydrogen) atoms. The summed E-state index contributed by atoms with van der Waals surface area (Å²) in [5.41, 5.74) is 9.43. The zero-order chi connectivity index (χ0) is 25.4. The molecule has 0 amide bonds. The molecule has 1 aliphatic carbocycles. The fourth-order valence-electron chi connectivity index (χ4n) is 5.67. The van der Waals surface area contributed by atoms with Crippen molar-refractivity contribution in [2.24, 2.45) is 5.92 Å². The molecule has 5 rings (SSSR count). The number of likely N-dealkylation sites (tertiary alicyclic amines) is 1. The summed E-state index contributed by atoms with van der Waals surface area (Å²) in [5, 5.41) is 7.96. The standard InChI is InChI=1S/C28H36F2N4O2/c1-18-11-23-21(5-6-25(32)24(23)14-31)27(34(18)17-28(30)7-8-28)22-4-3-20(12-26(22)35-2)36-10-9-33-15-19(13-29)16-33/h3-6,12,14,18-19,27,31H,7-11,13,15-17,32H2,1-2H3/t18-,27+/m1/s1. The number of nitrogen functional groups attached to an aromatic ring is 1. The number of nitrogens with two attached hydrogens (primary N) is 1. The Bertz CT molecular complexity index is 1120. The van der Waals surface area contributed by atoms with Crippen molar-refractivity contribution in [2.45, 2.75) is 43.9 Å². The number of ether oxygens (including phenoxy) is 2. The number of hydrogen-bond donors (Lipinski definition) is 2. The van der Waals surface area contributed by atoms with Crippen molar-refractivity contribution in [3.8, 4) is 11.5 Å². The van der Waals surface area contributed by atoms with Crippen LogP contribution in [0.15, 0.2) is 30.3 Å². The van der Waals surface area contributed by atoms with Gasteiger partial charge in [0.1, 0.15) is 23.8 Å². The van der Waals surface area contributed by atoms with Crippen molar-refractivity contribution in [3.05, 3.63) is 52.6 Å². The van der Waals surface area contributed by atoms with E-state index in [1.54, 1.807) is 7.11 Å². The first-order chi connectivity index (χ1) is 17.4. The van der Waals surface area contributed by atoms with Gasteiger partial charge in [-0.25, -0.2) is 4.39 Å². The van der Waals surface area contributed by atoms with Gasteiger partial charge in [-0.2, -0.15) is 0 Å². The second-order valence-electron chi connectivity index (χ2n) is 10.6. The van der Waals surface area contributed by atoms with E-state index in [0.29, 0.717) is 49.6 Å². The van der Waals surface area contributed by atoms with E-state index in [2.05, 4.69) is 16.7 Å². The van der Waals surface area contributed by atoms with Crippen LogP contribution in [-0.4, -0.2) is 74.3 Å². The Morgan fingerprint density at radius 2 is 1.94 bits per heavy atom. The molecule has 0 spiro atoms. The van der Waals surface area contributed by atoms with E-state index in [1.807, 2.05) is 30.3 Å². The minimum atomic E-state index is -1.14. The van der Waals surface area contributed by atoms with Crippen LogP contribution in [0.1, 0.15) is 48.1 Å². The maximum Gasteiger partial charge on any atom is 0.127 e. The van der Waals surface area contributed by atoms with E-state index in [1.165, 1.54) is 6.21 Å². The number of benzene rings is 2. The molecule has 2 atom stereocenters. The molecular weight excluding hydrogens is 462 g/mol. The number of hydrogen-bond acceptors (Lipinski definition) is 6. The molecule has 194 valence electrons. The molecule has 2 aliphatic heterocycles. The van der Waals surface area contributed by atoms with Crippen molar-refractivity contribution in [1.82, 2.24) is 9.80 Å². The number of fused-ring (bicyclic) bond motifs is 1. The van der Waals surface area contributed by atoms with Crippen LogP contribution in [0.5, 0.6) is 11.5 Å². The minimum absolute atomic E-state index is 0.0709. The van der Waals surface area contributed by atoms with Crippen LogP contribution in [0.2, 0.25) is 0 Å². The lowest BCUT2D eigenvalue weighted by molar-refractivity contribution is 0.0668. The maximum absolute atomic E-state index is 15.1. The number of nitrogens with one attached hydrogen (secondary N) is 1. The lowest BCUT2D eigenvalue weighted by Gasteiger charge is -2.44. The molecule has 3 aliphatic rings. The summed E-state index contributed by atoms with van der Waals surface area (Å²) in [5.74, 6) is 1.55. The number of nitrogens with zero attached hydrogens (tertiary/aromatic N) is 2. The zero-order valence-electron chi connectivity index (χ0n) is 21.1. The first-order valence-corrected chi connectivity index (χ1v) is 12.8. The van der Waals surface area contributed by atoms with Gasteiger partial charge in [0, 0.05) is 67.2 Å². The predicted molar refractivity (Wildman–Crippen MR) is 138 cm³/mol. The Kier molecular flexibility index (Phi) is 6.92.